The Labute approximate surface area is 157 Å². The maximum atomic E-state index is 12.2. The van der Waals surface area contributed by atoms with Crippen molar-refractivity contribution in [3.63, 3.8) is 0 Å². The largest absolute Gasteiger partial charge is 0.444 e. The molecule has 1 heterocycles. The fourth-order valence-electron chi connectivity index (χ4n) is 3.71. The summed E-state index contributed by atoms with van der Waals surface area (Å²) >= 11 is 0. The summed E-state index contributed by atoms with van der Waals surface area (Å²) in [5.74, 6) is 0.635. The van der Waals surface area contributed by atoms with Gasteiger partial charge in [0.2, 0.25) is 0 Å². The third-order valence-corrected chi connectivity index (χ3v) is 5.12. The summed E-state index contributed by atoms with van der Waals surface area (Å²) in [6, 6.07) is 11.5. The molecule has 2 fully saturated rings. The van der Waals surface area contributed by atoms with E-state index in [4.69, 9.17) is 4.74 Å². The van der Waals surface area contributed by atoms with Crippen molar-refractivity contribution in [2.24, 2.45) is 5.92 Å². The van der Waals surface area contributed by atoms with Crippen molar-refractivity contribution in [1.29, 1.82) is 0 Å². The van der Waals surface area contributed by atoms with Gasteiger partial charge in [-0.2, -0.15) is 0 Å². The molecule has 0 radical (unpaired) electrons. The lowest BCUT2D eigenvalue weighted by Crippen LogP contribution is -2.39. The molecule has 0 bridgehead atoms. The third kappa shape index (κ3) is 5.10. The van der Waals surface area contributed by atoms with Crippen molar-refractivity contribution >= 4 is 12.2 Å². The first kappa shape index (κ1) is 19.0. The number of amides is 1. The normalized spacial score (nSPS) is 26.1. The molecule has 4 heteroatoms. The molecule has 3 rings (SSSR count). The number of carbonyl (C=O) groups excluding carboxylic acids is 1. The number of rotatable bonds is 5. The molecule has 0 aromatic heterocycles. The molecule has 1 N–H and O–H groups in total. The Morgan fingerprint density at radius 3 is 2.69 bits per heavy atom. The molecule has 3 atom stereocenters. The molecular weight excluding hydrogens is 324 g/mol. The number of ether oxygens (including phenoxy) is 1. The summed E-state index contributed by atoms with van der Waals surface area (Å²) in [6.45, 7) is 9.51. The molecular formula is C22H32N2O2. The van der Waals surface area contributed by atoms with Gasteiger partial charge in [-0.1, -0.05) is 48.9 Å². The van der Waals surface area contributed by atoms with Gasteiger partial charge in [0.15, 0.2) is 0 Å². The van der Waals surface area contributed by atoms with E-state index >= 15 is 0 Å². The Morgan fingerprint density at radius 2 is 2.04 bits per heavy atom. The van der Waals surface area contributed by atoms with E-state index in [2.05, 4.69) is 48.6 Å². The predicted octanol–water partition coefficient (Wildman–Crippen LogP) is 4.47. The summed E-state index contributed by atoms with van der Waals surface area (Å²) in [5, 5.41) is 3.76. The number of carbonyl (C=O) groups is 1. The summed E-state index contributed by atoms with van der Waals surface area (Å²) < 4.78 is 5.48. The molecule has 1 aromatic rings. The van der Waals surface area contributed by atoms with E-state index in [1.165, 1.54) is 17.6 Å². The van der Waals surface area contributed by atoms with Crippen molar-refractivity contribution < 1.29 is 9.53 Å². The molecule has 0 spiro atoms. The number of nitrogens with one attached hydrogen (secondary N) is 1. The highest BCUT2D eigenvalue weighted by Crippen LogP contribution is 2.40. The minimum atomic E-state index is -0.428. The second-order valence-corrected chi connectivity index (χ2v) is 8.51. The van der Waals surface area contributed by atoms with Crippen LogP contribution in [0.25, 0.3) is 6.08 Å². The molecule has 26 heavy (non-hydrogen) atoms. The summed E-state index contributed by atoms with van der Waals surface area (Å²) in [5.41, 5.74) is 2.38. The number of benzene rings is 1. The van der Waals surface area contributed by atoms with Gasteiger partial charge in [-0.25, -0.2) is 4.79 Å². The van der Waals surface area contributed by atoms with Gasteiger partial charge in [-0.3, -0.25) is 0 Å². The Hall–Kier alpha value is -1.81. The average Bonchev–Trinajstić information content (AvgIpc) is 3.16. The first-order chi connectivity index (χ1) is 12.4. The fraction of sp³-hybridized carbons (Fsp3) is 0.591. The van der Waals surface area contributed by atoms with Crippen LogP contribution in [0, 0.1) is 5.92 Å². The van der Waals surface area contributed by atoms with Crippen molar-refractivity contribution in [3.05, 3.63) is 41.5 Å². The van der Waals surface area contributed by atoms with Gasteiger partial charge in [-0.05, 0) is 51.5 Å². The number of hydrogen-bond acceptors (Lipinski definition) is 3. The molecule has 1 aromatic carbocycles. The van der Waals surface area contributed by atoms with E-state index in [1.54, 1.807) is 0 Å². The topological polar surface area (TPSA) is 41.6 Å². The van der Waals surface area contributed by atoms with E-state index in [0.717, 1.165) is 25.9 Å². The lowest BCUT2D eigenvalue weighted by Gasteiger charge is -2.24. The Kier molecular flexibility index (Phi) is 5.71. The van der Waals surface area contributed by atoms with Crippen LogP contribution in [-0.4, -0.2) is 41.8 Å². The van der Waals surface area contributed by atoms with E-state index in [9.17, 15) is 4.79 Å². The highest BCUT2D eigenvalue weighted by atomic mass is 16.6. The van der Waals surface area contributed by atoms with Gasteiger partial charge in [-0.15, -0.1) is 0 Å². The Balaban J connectivity index is 1.49. The number of nitrogens with zero attached hydrogens (tertiary/aromatic N) is 1. The van der Waals surface area contributed by atoms with Crippen LogP contribution in [0.2, 0.25) is 0 Å². The third-order valence-electron chi connectivity index (χ3n) is 5.12. The van der Waals surface area contributed by atoms with Gasteiger partial charge >= 0.3 is 6.09 Å². The highest BCUT2D eigenvalue weighted by Gasteiger charge is 2.41. The molecule has 1 aliphatic heterocycles. The SMILES string of the molecule is CC/C(=C\c1ccccc1)[C@@H]1C[C@H]1NC1CCN(C(=O)OC(C)(C)C)C1. The minimum absolute atomic E-state index is 0.188. The monoisotopic (exact) mass is 356 g/mol. The van der Waals surface area contributed by atoms with E-state index in [0.29, 0.717) is 18.0 Å². The van der Waals surface area contributed by atoms with Gasteiger partial charge in [0.1, 0.15) is 5.60 Å². The van der Waals surface area contributed by atoms with Crippen LogP contribution in [0.4, 0.5) is 4.79 Å². The molecule has 142 valence electrons. The smallest absolute Gasteiger partial charge is 0.410 e. The van der Waals surface area contributed by atoms with Gasteiger partial charge in [0.05, 0.1) is 0 Å². The first-order valence-electron chi connectivity index (χ1n) is 9.85. The maximum Gasteiger partial charge on any atom is 0.410 e. The second-order valence-electron chi connectivity index (χ2n) is 8.51. The quantitative estimate of drug-likeness (QED) is 0.846. The first-order valence-corrected chi connectivity index (χ1v) is 9.85. The highest BCUT2D eigenvalue weighted by molar-refractivity contribution is 5.68. The van der Waals surface area contributed by atoms with E-state index in [-0.39, 0.29) is 6.09 Å². The maximum absolute atomic E-state index is 12.2. The molecule has 4 nitrogen and oxygen atoms in total. The van der Waals surface area contributed by atoms with Crippen LogP contribution >= 0.6 is 0 Å². The van der Waals surface area contributed by atoms with Crippen molar-refractivity contribution in [1.82, 2.24) is 10.2 Å². The van der Waals surface area contributed by atoms with Crippen molar-refractivity contribution in [2.75, 3.05) is 13.1 Å². The molecule has 1 saturated heterocycles. The van der Waals surface area contributed by atoms with Crippen LogP contribution in [-0.2, 0) is 4.74 Å². The van der Waals surface area contributed by atoms with Crippen molar-refractivity contribution in [2.45, 2.75) is 64.6 Å². The van der Waals surface area contributed by atoms with Gasteiger partial charge < -0.3 is 15.0 Å². The van der Waals surface area contributed by atoms with Gasteiger partial charge in [0.25, 0.3) is 0 Å². The van der Waals surface area contributed by atoms with Crippen LogP contribution < -0.4 is 5.32 Å². The number of likely N-dealkylation sites (tertiary alicyclic amines) is 1. The van der Waals surface area contributed by atoms with Crippen LogP contribution in [0.15, 0.2) is 35.9 Å². The van der Waals surface area contributed by atoms with E-state index in [1.807, 2.05) is 25.7 Å². The Bertz CT molecular complexity index is 648. The zero-order chi connectivity index (χ0) is 18.7. The zero-order valence-corrected chi connectivity index (χ0v) is 16.5. The number of hydrogen-bond donors (Lipinski definition) is 1. The molecule has 1 saturated carbocycles. The summed E-state index contributed by atoms with van der Waals surface area (Å²) in [6.07, 6.45) is 5.45. The fourth-order valence-corrected chi connectivity index (χ4v) is 3.71. The average molecular weight is 357 g/mol. The minimum Gasteiger partial charge on any atom is -0.444 e. The predicted molar refractivity (Wildman–Crippen MR) is 106 cm³/mol. The Morgan fingerprint density at radius 1 is 1.31 bits per heavy atom. The molecule has 1 amide bonds. The molecule has 1 aliphatic carbocycles. The lowest BCUT2D eigenvalue weighted by molar-refractivity contribution is 0.0291. The summed E-state index contributed by atoms with van der Waals surface area (Å²) in [7, 11) is 0. The van der Waals surface area contributed by atoms with Gasteiger partial charge in [0, 0.05) is 25.2 Å². The van der Waals surface area contributed by atoms with Crippen molar-refractivity contribution in [3.8, 4) is 0 Å². The molecule has 2 aliphatic rings. The van der Waals surface area contributed by atoms with Crippen LogP contribution in [0.1, 0.15) is 52.5 Å². The van der Waals surface area contributed by atoms with Crippen LogP contribution in [0.3, 0.4) is 0 Å². The summed E-state index contributed by atoms with van der Waals surface area (Å²) in [4.78, 5) is 14.0. The molecule has 1 unspecified atom stereocenters. The lowest BCUT2D eigenvalue weighted by atomic mass is 10.0. The second kappa shape index (κ2) is 7.83. The zero-order valence-electron chi connectivity index (χ0n) is 16.5. The standard InChI is InChI=1S/C22H32N2O2/c1-5-17(13-16-9-7-6-8-10-16)19-14-20(19)23-18-11-12-24(15-18)21(25)26-22(2,3)4/h6-10,13,18-20,23H,5,11-12,14-15H2,1-4H3/b17-13+/t18?,19-,20+/m0/s1. The van der Waals surface area contributed by atoms with Crippen LogP contribution in [0.5, 0.6) is 0 Å². The van der Waals surface area contributed by atoms with E-state index < -0.39 is 5.60 Å².